The molecule has 2 aromatic heterocycles. The predicted octanol–water partition coefficient (Wildman–Crippen LogP) is 4.56. The van der Waals surface area contributed by atoms with Gasteiger partial charge in [-0.2, -0.15) is 4.98 Å². The number of nitrogens with zero attached hydrogens (tertiary/aromatic N) is 4. The Morgan fingerprint density at radius 3 is 2.56 bits per heavy atom. The van der Waals surface area contributed by atoms with E-state index < -0.39 is 11.6 Å². The lowest BCUT2D eigenvalue weighted by molar-refractivity contribution is -0.122. The molecule has 3 aromatic rings. The summed E-state index contributed by atoms with van der Waals surface area (Å²) in [6, 6.07) is 2.13. The van der Waals surface area contributed by atoms with Crippen molar-refractivity contribution in [2.45, 2.75) is 51.1 Å². The molecular formula is C24H28ClF2N7O2. The third-order valence-electron chi connectivity index (χ3n) is 7.10. The smallest absolute Gasteiger partial charge is 0.224 e. The zero-order valence-electron chi connectivity index (χ0n) is 19.8. The first-order valence-electron chi connectivity index (χ1n) is 12.1. The summed E-state index contributed by atoms with van der Waals surface area (Å²) in [5.74, 6) is -1.20. The zero-order chi connectivity index (χ0) is 25.4. The molecule has 0 radical (unpaired) electrons. The van der Waals surface area contributed by atoms with Gasteiger partial charge in [0.2, 0.25) is 17.8 Å². The third-order valence-corrected chi connectivity index (χ3v) is 7.31. The number of rotatable bonds is 6. The van der Waals surface area contributed by atoms with Crippen molar-refractivity contribution in [1.29, 1.82) is 0 Å². The molecule has 1 saturated carbocycles. The summed E-state index contributed by atoms with van der Waals surface area (Å²) in [5.41, 5.74) is 6.18. The van der Waals surface area contributed by atoms with Gasteiger partial charge in [0, 0.05) is 29.6 Å². The van der Waals surface area contributed by atoms with E-state index in [0.29, 0.717) is 61.9 Å². The van der Waals surface area contributed by atoms with Crippen LogP contribution < -0.4 is 16.4 Å². The number of amides is 1. The topological polar surface area (TPSA) is 120 Å². The number of halogens is 3. The van der Waals surface area contributed by atoms with Crippen LogP contribution in [0.15, 0.2) is 18.3 Å². The van der Waals surface area contributed by atoms with Crippen LogP contribution in [0.5, 0.6) is 0 Å². The lowest BCUT2D eigenvalue weighted by atomic mass is 9.85. The summed E-state index contributed by atoms with van der Waals surface area (Å²) in [7, 11) is 0. The van der Waals surface area contributed by atoms with Crippen molar-refractivity contribution in [3.8, 4) is 0 Å². The van der Waals surface area contributed by atoms with Crippen molar-refractivity contribution >= 4 is 46.3 Å². The Bertz CT molecular complexity index is 1260. The molecular weight excluding hydrogens is 492 g/mol. The highest BCUT2D eigenvalue weighted by molar-refractivity contribution is 6.30. The van der Waals surface area contributed by atoms with E-state index in [1.165, 1.54) is 0 Å². The van der Waals surface area contributed by atoms with Gasteiger partial charge in [-0.05, 0) is 50.2 Å². The van der Waals surface area contributed by atoms with Crippen LogP contribution in [0, 0.1) is 23.5 Å². The molecule has 0 spiro atoms. The standard InChI is InChI=1S/C24H28ClF2N7O2/c1-12-11-36-7-6-18(12)30-23-29-10-19-22(33-23)34(15-4-2-13(3-5-15)21(28)35)24(31-19)32-20-16(26)8-14(25)9-17(20)27/h8-10,12-13,15,18H,2-7,11H2,1H3,(H2,28,35)(H,31,32)(H,29,30,33)/t12-,13-,15-,18+/m1/s1. The molecule has 192 valence electrons. The summed E-state index contributed by atoms with van der Waals surface area (Å²) in [6.45, 7) is 3.43. The third kappa shape index (κ3) is 4.94. The Labute approximate surface area is 211 Å². The van der Waals surface area contributed by atoms with E-state index in [4.69, 9.17) is 27.1 Å². The number of nitrogens with one attached hydrogen (secondary N) is 2. The number of aromatic nitrogens is 4. The summed E-state index contributed by atoms with van der Waals surface area (Å²) in [6.07, 6.45) is 4.93. The van der Waals surface area contributed by atoms with Crippen molar-refractivity contribution in [3.63, 3.8) is 0 Å². The molecule has 5 rings (SSSR count). The number of nitrogens with two attached hydrogens (primary N) is 1. The predicted molar refractivity (Wildman–Crippen MR) is 132 cm³/mol. The van der Waals surface area contributed by atoms with Gasteiger partial charge in [-0.1, -0.05) is 18.5 Å². The Hall–Kier alpha value is -3.05. The van der Waals surface area contributed by atoms with Crippen LogP contribution in [0.1, 0.15) is 45.1 Å². The molecule has 9 nitrogen and oxygen atoms in total. The Morgan fingerprint density at radius 2 is 1.89 bits per heavy atom. The number of anilines is 3. The number of ether oxygens (including phenoxy) is 1. The highest BCUT2D eigenvalue weighted by Gasteiger charge is 2.30. The second-order valence-electron chi connectivity index (χ2n) is 9.58. The fourth-order valence-corrected chi connectivity index (χ4v) is 5.24. The average molecular weight is 520 g/mol. The molecule has 1 saturated heterocycles. The lowest BCUT2D eigenvalue weighted by Gasteiger charge is -2.30. The Balaban J connectivity index is 1.53. The number of benzene rings is 1. The van der Waals surface area contributed by atoms with Crippen molar-refractivity contribution < 1.29 is 18.3 Å². The first-order valence-corrected chi connectivity index (χ1v) is 12.5. The van der Waals surface area contributed by atoms with Crippen LogP contribution in [0.2, 0.25) is 5.02 Å². The maximum Gasteiger partial charge on any atom is 0.224 e. The lowest BCUT2D eigenvalue weighted by Crippen LogP contribution is -2.36. The van der Waals surface area contributed by atoms with Gasteiger partial charge in [0.1, 0.15) is 11.2 Å². The van der Waals surface area contributed by atoms with Gasteiger partial charge < -0.3 is 21.1 Å². The van der Waals surface area contributed by atoms with E-state index in [9.17, 15) is 13.6 Å². The molecule has 4 N–H and O–H groups in total. The van der Waals surface area contributed by atoms with E-state index in [0.717, 1.165) is 18.6 Å². The second kappa shape index (κ2) is 10.1. The number of imidazole rings is 1. The minimum atomic E-state index is -0.835. The van der Waals surface area contributed by atoms with Gasteiger partial charge in [-0.15, -0.1) is 0 Å². The van der Waals surface area contributed by atoms with Crippen molar-refractivity contribution in [2.24, 2.45) is 17.6 Å². The quantitative estimate of drug-likeness (QED) is 0.437. The van der Waals surface area contributed by atoms with Gasteiger partial charge in [-0.25, -0.2) is 18.7 Å². The van der Waals surface area contributed by atoms with Crippen LogP contribution in [-0.2, 0) is 9.53 Å². The molecule has 12 heteroatoms. The van der Waals surface area contributed by atoms with E-state index >= 15 is 0 Å². The van der Waals surface area contributed by atoms with Gasteiger partial charge in [0.05, 0.1) is 12.8 Å². The summed E-state index contributed by atoms with van der Waals surface area (Å²) >= 11 is 5.79. The fourth-order valence-electron chi connectivity index (χ4n) is 5.05. The van der Waals surface area contributed by atoms with Gasteiger partial charge in [0.15, 0.2) is 17.3 Å². The maximum absolute atomic E-state index is 14.6. The highest BCUT2D eigenvalue weighted by atomic mass is 35.5. The number of hydrogen-bond donors (Lipinski definition) is 3. The zero-order valence-corrected chi connectivity index (χ0v) is 20.6. The second-order valence-corrected chi connectivity index (χ2v) is 10.0. The number of carbonyl (C=O) groups excluding carboxylic acids is 1. The first kappa shape index (κ1) is 24.6. The van der Waals surface area contributed by atoms with E-state index in [1.54, 1.807) is 6.20 Å². The minimum Gasteiger partial charge on any atom is -0.381 e. The van der Waals surface area contributed by atoms with Crippen LogP contribution in [0.3, 0.4) is 0 Å². The molecule has 3 heterocycles. The normalized spacial score (nSPS) is 24.6. The Morgan fingerprint density at radius 1 is 1.17 bits per heavy atom. The summed E-state index contributed by atoms with van der Waals surface area (Å²) in [5, 5.41) is 6.17. The fraction of sp³-hybridized carbons (Fsp3) is 0.500. The average Bonchev–Trinajstić information content (AvgIpc) is 3.20. The number of carbonyl (C=O) groups is 1. The summed E-state index contributed by atoms with van der Waals surface area (Å²) < 4.78 is 36.6. The maximum atomic E-state index is 14.6. The molecule has 0 unspecified atom stereocenters. The van der Waals surface area contributed by atoms with Crippen molar-refractivity contribution in [1.82, 2.24) is 19.5 Å². The van der Waals surface area contributed by atoms with Gasteiger partial charge in [0.25, 0.3) is 0 Å². The molecule has 0 bridgehead atoms. The van der Waals surface area contributed by atoms with Crippen LogP contribution in [-0.4, -0.2) is 44.7 Å². The van der Waals surface area contributed by atoms with E-state index in [2.05, 4.69) is 27.5 Å². The molecule has 2 atom stereocenters. The van der Waals surface area contributed by atoms with Crippen molar-refractivity contribution in [2.75, 3.05) is 23.8 Å². The molecule has 1 aromatic carbocycles. The molecule has 1 amide bonds. The molecule has 2 fully saturated rings. The Kier molecular flexibility index (Phi) is 6.94. The van der Waals surface area contributed by atoms with Gasteiger partial charge >= 0.3 is 0 Å². The molecule has 36 heavy (non-hydrogen) atoms. The van der Waals surface area contributed by atoms with Crippen molar-refractivity contribution in [3.05, 3.63) is 35.0 Å². The SMILES string of the molecule is C[C@@H]1COCC[C@@H]1Nc1ncc2nc(Nc3c(F)cc(Cl)cc3F)n([C@H]3CC[C@H](C(N)=O)CC3)c2n1. The number of fused-ring (bicyclic) bond motifs is 1. The highest BCUT2D eigenvalue weighted by Crippen LogP contribution is 2.38. The number of hydrogen-bond acceptors (Lipinski definition) is 7. The molecule has 2 aliphatic rings. The first-order chi connectivity index (χ1) is 17.3. The monoisotopic (exact) mass is 519 g/mol. The van der Waals surface area contributed by atoms with Gasteiger partial charge in [-0.3, -0.25) is 9.36 Å². The van der Waals surface area contributed by atoms with E-state index in [-0.39, 0.29) is 40.6 Å². The molecule has 1 aliphatic heterocycles. The van der Waals surface area contributed by atoms with E-state index in [1.807, 2.05) is 4.57 Å². The van der Waals surface area contributed by atoms with Crippen LogP contribution in [0.25, 0.3) is 11.2 Å². The van der Waals surface area contributed by atoms with Crippen LogP contribution >= 0.6 is 11.6 Å². The number of primary amides is 1. The minimum absolute atomic E-state index is 0.0437. The molecule has 1 aliphatic carbocycles. The largest absolute Gasteiger partial charge is 0.381 e. The summed E-state index contributed by atoms with van der Waals surface area (Å²) in [4.78, 5) is 25.4. The van der Waals surface area contributed by atoms with Crippen LogP contribution in [0.4, 0.5) is 26.4 Å².